The van der Waals surface area contributed by atoms with Gasteiger partial charge in [0.2, 0.25) is 0 Å². The van der Waals surface area contributed by atoms with Crippen molar-refractivity contribution in [3.8, 4) is 5.75 Å². The molecule has 0 radical (unpaired) electrons. The molecule has 176 valence electrons. The number of ether oxygens (including phenoxy) is 1. The predicted molar refractivity (Wildman–Crippen MR) is 129 cm³/mol. The van der Waals surface area contributed by atoms with Crippen LogP contribution in [0.2, 0.25) is 0 Å². The van der Waals surface area contributed by atoms with Gasteiger partial charge >= 0.3 is 0 Å². The van der Waals surface area contributed by atoms with Crippen LogP contribution in [-0.2, 0) is 3.74 Å². The van der Waals surface area contributed by atoms with E-state index in [-0.39, 0.29) is 0 Å². The lowest BCUT2D eigenvalue weighted by atomic mass is 10.00. The monoisotopic (exact) mass is 497 g/mol. The van der Waals surface area contributed by atoms with Crippen molar-refractivity contribution in [2.75, 3.05) is 26.1 Å². The molecule has 0 bridgehead atoms. The molecule has 0 spiro atoms. The molecule has 3 aromatic carbocycles. The zero-order valence-electron chi connectivity index (χ0n) is 18.9. The number of methoxy groups -OCH3 is 1. The number of benzene rings is 3. The molecule has 8 heteroatoms. The Morgan fingerprint density at radius 3 is 1.91 bits per heavy atom. The summed E-state index contributed by atoms with van der Waals surface area (Å²) in [7, 11) is -0.607. The Morgan fingerprint density at radius 1 is 0.735 bits per heavy atom. The molecule has 0 fully saturated rings. The van der Waals surface area contributed by atoms with Crippen LogP contribution in [0.4, 0.5) is 5.69 Å². The van der Waals surface area contributed by atoms with Gasteiger partial charge in [-0.3, -0.25) is 0 Å². The molecule has 3 aromatic rings. The van der Waals surface area contributed by atoms with Crippen LogP contribution >= 0.6 is 10.8 Å². The summed E-state index contributed by atoms with van der Waals surface area (Å²) in [4.78, 5) is 3.21. The van der Waals surface area contributed by atoms with E-state index < -0.39 is 21.0 Å². The lowest BCUT2D eigenvalue weighted by molar-refractivity contribution is -1.91. The Hall–Kier alpha value is -2.91. The first kappa shape index (κ1) is 24.2. The maximum atomic E-state index is 11.7. The normalized spacial score (nSPS) is 16.1. The Balaban J connectivity index is 1.94. The highest BCUT2D eigenvalue weighted by molar-refractivity contribution is 8.20. The molecule has 1 heterocycles. The fraction of sp³-hybridized carbons (Fsp3) is 0.115. The van der Waals surface area contributed by atoms with Gasteiger partial charge in [-0.15, -0.1) is 0 Å². The first-order chi connectivity index (χ1) is 16.2. The molecular weight excluding hydrogens is 474 g/mol. The fourth-order valence-electron chi connectivity index (χ4n) is 3.55. The average Bonchev–Trinajstić information content (AvgIpc) is 2.84. The highest BCUT2D eigenvalue weighted by Gasteiger charge is 2.31. The lowest BCUT2D eigenvalue weighted by Gasteiger charge is -2.22. The number of nitrogens with zero attached hydrogens (tertiary/aromatic N) is 1. The molecule has 0 saturated heterocycles. The smallest absolute Gasteiger partial charge is 0.148 e. The van der Waals surface area contributed by atoms with Crippen molar-refractivity contribution in [2.24, 2.45) is 0 Å². The summed E-state index contributed by atoms with van der Waals surface area (Å²) in [6, 6.07) is 24.6. The fourth-order valence-corrected chi connectivity index (χ4v) is 6.12. The van der Waals surface area contributed by atoms with Crippen LogP contribution in [0.1, 0.15) is 16.7 Å². The Kier molecular flexibility index (Phi) is 7.23. The predicted octanol–water partition coefficient (Wildman–Crippen LogP) is 2.52. The van der Waals surface area contributed by atoms with Gasteiger partial charge in [-0.1, -0.05) is 54.6 Å². The number of halogens is 1. The van der Waals surface area contributed by atoms with Crippen LogP contribution < -0.4 is 23.6 Å². The maximum Gasteiger partial charge on any atom is 0.148 e. The molecule has 0 N–H and O–H groups in total. The Labute approximate surface area is 203 Å². The van der Waals surface area contributed by atoms with Gasteiger partial charge in [-0.2, -0.15) is 14.0 Å². The molecule has 1 unspecified atom stereocenters. The summed E-state index contributed by atoms with van der Waals surface area (Å²) in [5.74, 6) is 0.665. The van der Waals surface area contributed by atoms with Gasteiger partial charge in [0.25, 0.3) is 0 Å². The van der Waals surface area contributed by atoms with Gasteiger partial charge < -0.3 is 9.64 Å². The number of hydrogen-bond acceptors (Lipinski definition) is 6. The first-order valence-electron chi connectivity index (χ1n) is 10.4. The number of hydrogen-bond donors (Lipinski definition) is 0. The molecule has 34 heavy (non-hydrogen) atoms. The van der Waals surface area contributed by atoms with Crippen molar-refractivity contribution in [1.82, 2.24) is 0 Å². The standard InChI is InChI=1S/C26H24ClNO5S/c1-28(2)23-13-9-19(10-14-23)22-17-25(20-7-5-4-6-8-20)34(33-27(29,30)31)26(18-22)21-11-15-24(32-3)16-12-21/h4-18H,1-3H3. The lowest BCUT2D eigenvalue weighted by Crippen LogP contribution is -2.60. The summed E-state index contributed by atoms with van der Waals surface area (Å²) in [5, 5.41) is 0. The minimum Gasteiger partial charge on any atom is -0.497 e. The van der Waals surface area contributed by atoms with Gasteiger partial charge in [0.1, 0.15) is 20.3 Å². The molecule has 1 aliphatic heterocycles. The summed E-state index contributed by atoms with van der Waals surface area (Å²) in [5.41, 5.74) is 4.39. The van der Waals surface area contributed by atoms with Crippen molar-refractivity contribution < 1.29 is 32.7 Å². The molecule has 1 aliphatic rings. The van der Waals surface area contributed by atoms with Crippen molar-refractivity contribution >= 4 is 31.8 Å². The first-order valence-corrected chi connectivity index (χ1v) is 12.8. The second-order valence-electron chi connectivity index (χ2n) is 7.72. The van der Waals surface area contributed by atoms with Gasteiger partial charge in [0.15, 0.2) is 0 Å². The van der Waals surface area contributed by atoms with Crippen LogP contribution in [0.25, 0.3) is 10.5 Å². The quantitative estimate of drug-likeness (QED) is 0.466. The molecule has 0 saturated carbocycles. The maximum absolute atomic E-state index is 11.7. The van der Waals surface area contributed by atoms with Crippen LogP contribution in [0.15, 0.2) is 91.0 Å². The van der Waals surface area contributed by atoms with Crippen molar-refractivity contribution in [3.63, 3.8) is 0 Å². The third-order valence-corrected chi connectivity index (χ3v) is 7.89. The largest absolute Gasteiger partial charge is 0.497 e. The zero-order valence-corrected chi connectivity index (χ0v) is 20.5. The highest BCUT2D eigenvalue weighted by atomic mass is 35.7. The van der Waals surface area contributed by atoms with Gasteiger partial charge in [0.05, 0.1) is 27.1 Å². The molecular formula is C26H24ClNO5S. The van der Waals surface area contributed by atoms with E-state index in [0.29, 0.717) is 15.5 Å². The number of rotatable bonds is 7. The topological polar surface area (TPSA) is 90.9 Å². The van der Waals surface area contributed by atoms with Gasteiger partial charge in [0, 0.05) is 19.8 Å². The van der Waals surface area contributed by atoms with E-state index in [1.165, 1.54) is 0 Å². The highest BCUT2D eigenvalue weighted by Crippen LogP contribution is 2.45. The molecule has 1 atom stereocenters. The van der Waals surface area contributed by atoms with E-state index >= 15 is 0 Å². The van der Waals surface area contributed by atoms with Crippen LogP contribution in [0, 0.1) is 10.2 Å². The molecule has 6 nitrogen and oxygen atoms in total. The van der Waals surface area contributed by atoms with Crippen LogP contribution in [-0.4, -0.2) is 26.1 Å². The Morgan fingerprint density at radius 2 is 1.35 bits per heavy atom. The Bertz CT molecular complexity index is 1250. The van der Waals surface area contributed by atoms with E-state index in [0.717, 1.165) is 28.0 Å². The summed E-state index contributed by atoms with van der Waals surface area (Å²) in [6.07, 6.45) is 3.76. The zero-order chi connectivity index (χ0) is 24.3. The molecule has 0 amide bonds. The molecule has 0 aromatic heterocycles. The van der Waals surface area contributed by atoms with Gasteiger partial charge in [-0.25, -0.2) is 0 Å². The average molecular weight is 498 g/mol. The van der Waals surface area contributed by atoms with Crippen molar-refractivity contribution in [2.45, 2.75) is 0 Å². The van der Waals surface area contributed by atoms with E-state index in [1.54, 1.807) is 19.2 Å². The van der Waals surface area contributed by atoms with Crippen LogP contribution in [0.3, 0.4) is 0 Å². The van der Waals surface area contributed by atoms with E-state index in [2.05, 4.69) is 0 Å². The van der Waals surface area contributed by atoms with E-state index in [9.17, 15) is 14.0 Å². The second-order valence-corrected chi connectivity index (χ2v) is 10.4. The summed E-state index contributed by atoms with van der Waals surface area (Å²) < 4.78 is 45.6. The minimum atomic E-state index is -4.67. The third-order valence-electron chi connectivity index (χ3n) is 5.26. The second kappa shape index (κ2) is 10.1. The van der Waals surface area contributed by atoms with Crippen molar-refractivity contribution in [1.29, 1.82) is 0 Å². The summed E-state index contributed by atoms with van der Waals surface area (Å²) >= 11 is 0. The summed E-state index contributed by atoms with van der Waals surface area (Å²) in [6.45, 7) is 0. The number of allylic oxidation sites excluding steroid dienone is 3. The van der Waals surface area contributed by atoms with E-state index in [1.807, 2.05) is 97.9 Å². The molecule has 0 aliphatic carbocycles. The third kappa shape index (κ3) is 5.59. The van der Waals surface area contributed by atoms with Crippen LogP contribution in [0.5, 0.6) is 5.75 Å². The van der Waals surface area contributed by atoms with E-state index in [4.69, 9.17) is 8.47 Å². The number of anilines is 1. The van der Waals surface area contributed by atoms with Crippen molar-refractivity contribution in [3.05, 3.63) is 108 Å². The van der Waals surface area contributed by atoms with Gasteiger partial charge in [-0.05, 0) is 58.7 Å². The SMILES string of the molecule is COc1ccc(C2=S(O[Cl+3]([O-])([O-])[O-])C(c3ccccc3)=CC(c3ccc(N(C)C)cc3)=C2)cc1. The minimum absolute atomic E-state index is 0.586. The molecule has 4 rings (SSSR count).